The van der Waals surface area contributed by atoms with Crippen molar-refractivity contribution < 1.29 is 17.9 Å². The van der Waals surface area contributed by atoms with Crippen LogP contribution in [0.25, 0.3) is 0 Å². The van der Waals surface area contributed by atoms with E-state index in [0.717, 1.165) is 0 Å². The van der Waals surface area contributed by atoms with Crippen LogP contribution >= 0.6 is 23.2 Å². The van der Waals surface area contributed by atoms with E-state index in [1.54, 1.807) is 0 Å². The van der Waals surface area contributed by atoms with Gasteiger partial charge in [-0.1, -0.05) is 23.2 Å². The summed E-state index contributed by atoms with van der Waals surface area (Å²) in [6, 6.07) is 4.36. The fourth-order valence-electron chi connectivity index (χ4n) is 2.09. The highest BCUT2D eigenvalue weighted by Gasteiger charge is 2.30. The quantitative estimate of drug-likeness (QED) is 0.793. The summed E-state index contributed by atoms with van der Waals surface area (Å²) in [5, 5.41) is 0.0689. The molecule has 0 bridgehead atoms. The van der Waals surface area contributed by atoms with Gasteiger partial charge in [-0.05, 0) is 31.0 Å². The van der Waals surface area contributed by atoms with Crippen molar-refractivity contribution in [2.45, 2.75) is 18.1 Å². The Kier molecular flexibility index (Phi) is 5.07. The zero-order valence-corrected chi connectivity index (χ0v) is 13.0. The van der Waals surface area contributed by atoms with Crippen molar-refractivity contribution in [3.8, 4) is 0 Å². The number of halogens is 2. The van der Waals surface area contributed by atoms with Gasteiger partial charge in [0.1, 0.15) is 5.75 Å². The number of benzene rings is 1. The highest BCUT2D eigenvalue weighted by atomic mass is 35.5. The highest BCUT2D eigenvalue weighted by molar-refractivity contribution is 7.92. The van der Waals surface area contributed by atoms with E-state index in [2.05, 4.69) is 0 Å². The largest absolute Gasteiger partial charge is 0.381 e. The second-order valence-corrected chi connectivity index (χ2v) is 7.77. The van der Waals surface area contributed by atoms with Crippen LogP contribution in [0.3, 0.4) is 0 Å². The maximum atomic E-state index is 12.2. The summed E-state index contributed by atoms with van der Waals surface area (Å²) >= 11 is 11.6. The number of ketones is 1. The fourth-order valence-corrected chi connectivity index (χ4v) is 4.07. The molecule has 0 amide bonds. The van der Waals surface area contributed by atoms with Crippen LogP contribution in [0.15, 0.2) is 18.2 Å². The van der Waals surface area contributed by atoms with Gasteiger partial charge >= 0.3 is 0 Å². The molecule has 0 spiro atoms. The average molecular weight is 337 g/mol. The van der Waals surface area contributed by atoms with Gasteiger partial charge < -0.3 is 4.74 Å². The third kappa shape index (κ3) is 3.73. The Morgan fingerprint density at radius 3 is 2.45 bits per heavy atom. The van der Waals surface area contributed by atoms with Gasteiger partial charge in [-0.3, -0.25) is 4.79 Å². The number of ether oxygens (including phenoxy) is 1. The van der Waals surface area contributed by atoms with Gasteiger partial charge in [-0.15, -0.1) is 0 Å². The molecule has 0 unspecified atom stereocenters. The summed E-state index contributed by atoms with van der Waals surface area (Å²) in [7, 11) is -3.46. The lowest BCUT2D eigenvalue weighted by Crippen LogP contribution is -2.33. The summed E-state index contributed by atoms with van der Waals surface area (Å²) in [6.07, 6.45) is 0.883. The predicted molar refractivity (Wildman–Crippen MR) is 78.4 cm³/mol. The van der Waals surface area contributed by atoms with E-state index in [1.165, 1.54) is 18.2 Å². The van der Waals surface area contributed by atoms with Crippen LogP contribution in [0.2, 0.25) is 10.0 Å². The summed E-state index contributed by atoms with van der Waals surface area (Å²) in [4.78, 5) is 12.1. The van der Waals surface area contributed by atoms with Gasteiger partial charge in [0.2, 0.25) is 0 Å². The molecule has 1 fully saturated rings. The molecule has 1 aliphatic rings. The number of carbonyl (C=O) groups excluding carboxylic acids is 1. The van der Waals surface area contributed by atoms with E-state index in [4.69, 9.17) is 27.9 Å². The zero-order valence-electron chi connectivity index (χ0n) is 10.6. The summed E-state index contributed by atoms with van der Waals surface area (Å²) in [5.41, 5.74) is 0.259. The molecule has 0 aromatic heterocycles. The smallest absolute Gasteiger partial charge is 0.177 e. The topological polar surface area (TPSA) is 60.4 Å². The van der Waals surface area contributed by atoms with Crippen molar-refractivity contribution in [3.63, 3.8) is 0 Å². The second kappa shape index (κ2) is 6.43. The lowest BCUT2D eigenvalue weighted by Gasteiger charge is -2.21. The number of hydrogen-bond donors (Lipinski definition) is 0. The number of Topliss-reactive ketones (excluding diaryl/α,β-unsaturated/α-hetero) is 1. The maximum Gasteiger partial charge on any atom is 0.177 e. The maximum absolute atomic E-state index is 12.2. The molecule has 1 heterocycles. The van der Waals surface area contributed by atoms with E-state index in [-0.39, 0.29) is 10.6 Å². The van der Waals surface area contributed by atoms with Gasteiger partial charge in [-0.2, -0.15) is 0 Å². The average Bonchev–Trinajstić information content (AvgIpc) is 2.42. The minimum atomic E-state index is -3.46. The van der Waals surface area contributed by atoms with E-state index in [0.29, 0.717) is 31.1 Å². The summed E-state index contributed by atoms with van der Waals surface area (Å²) in [5.74, 6) is -0.967. The third-order valence-corrected chi connectivity index (χ3v) is 6.14. The standard InChI is InChI=1S/C13H14Cl2O4S/c14-11-2-1-9(7-12(11)15)13(16)8-20(17,18)10-3-5-19-6-4-10/h1-2,7,10H,3-6,8H2. The van der Waals surface area contributed by atoms with Gasteiger partial charge in [0, 0.05) is 18.8 Å². The third-order valence-electron chi connectivity index (χ3n) is 3.25. The van der Waals surface area contributed by atoms with E-state index >= 15 is 0 Å². The van der Waals surface area contributed by atoms with Crippen LogP contribution in [0.1, 0.15) is 23.2 Å². The van der Waals surface area contributed by atoms with E-state index < -0.39 is 26.6 Å². The molecule has 0 saturated carbocycles. The lowest BCUT2D eigenvalue weighted by atomic mass is 10.1. The van der Waals surface area contributed by atoms with Crippen molar-refractivity contribution >= 4 is 38.8 Å². The fraction of sp³-hybridized carbons (Fsp3) is 0.462. The molecule has 0 atom stereocenters. The summed E-state index contributed by atoms with van der Waals surface area (Å²) < 4.78 is 29.5. The van der Waals surface area contributed by atoms with Crippen molar-refractivity contribution in [2.75, 3.05) is 19.0 Å². The predicted octanol–water partition coefficient (Wildman–Crippen LogP) is 2.77. The van der Waals surface area contributed by atoms with Crippen molar-refractivity contribution in [1.29, 1.82) is 0 Å². The molecule has 0 radical (unpaired) electrons. The molecule has 20 heavy (non-hydrogen) atoms. The highest BCUT2D eigenvalue weighted by Crippen LogP contribution is 2.24. The monoisotopic (exact) mass is 336 g/mol. The molecule has 0 aliphatic carbocycles. The van der Waals surface area contributed by atoms with Crippen LogP contribution < -0.4 is 0 Å². The molecule has 4 nitrogen and oxygen atoms in total. The molecule has 7 heteroatoms. The van der Waals surface area contributed by atoms with Gasteiger partial charge in [0.25, 0.3) is 0 Å². The number of rotatable bonds is 4. The van der Waals surface area contributed by atoms with Crippen LogP contribution in [0.5, 0.6) is 0 Å². The Morgan fingerprint density at radius 2 is 1.85 bits per heavy atom. The number of hydrogen-bond acceptors (Lipinski definition) is 4. The molecular formula is C13H14Cl2O4S. The van der Waals surface area contributed by atoms with Crippen LogP contribution in [0, 0.1) is 0 Å². The van der Waals surface area contributed by atoms with Crippen LogP contribution in [-0.2, 0) is 14.6 Å². The van der Waals surface area contributed by atoms with Crippen molar-refractivity contribution in [3.05, 3.63) is 33.8 Å². The molecule has 1 aromatic carbocycles. The van der Waals surface area contributed by atoms with Crippen molar-refractivity contribution in [1.82, 2.24) is 0 Å². The Labute approximate surface area is 127 Å². The van der Waals surface area contributed by atoms with Gasteiger partial charge in [0.15, 0.2) is 15.6 Å². The Hall–Kier alpha value is -0.620. The minimum absolute atomic E-state index is 0.237. The molecule has 2 rings (SSSR count). The first-order valence-electron chi connectivity index (χ1n) is 6.18. The molecule has 1 aliphatic heterocycles. The van der Waals surface area contributed by atoms with Gasteiger partial charge in [-0.25, -0.2) is 8.42 Å². The Morgan fingerprint density at radius 1 is 1.20 bits per heavy atom. The molecule has 0 N–H and O–H groups in total. The SMILES string of the molecule is O=C(CS(=O)(=O)C1CCOCC1)c1ccc(Cl)c(Cl)c1. The van der Waals surface area contributed by atoms with E-state index in [1.807, 2.05) is 0 Å². The normalized spacial score (nSPS) is 17.1. The number of carbonyl (C=O) groups is 1. The molecule has 1 saturated heterocycles. The zero-order chi connectivity index (χ0) is 14.8. The first-order chi connectivity index (χ1) is 9.40. The molecule has 1 aromatic rings. The van der Waals surface area contributed by atoms with E-state index in [9.17, 15) is 13.2 Å². The lowest BCUT2D eigenvalue weighted by molar-refractivity contribution is 0.0971. The summed E-state index contributed by atoms with van der Waals surface area (Å²) in [6.45, 7) is 0.843. The Bertz CT molecular complexity index is 607. The molecule has 110 valence electrons. The van der Waals surface area contributed by atoms with Gasteiger partial charge in [0.05, 0.1) is 15.3 Å². The first-order valence-corrected chi connectivity index (χ1v) is 8.65. The Balaban J connectivity index is 2.11. The molecular weight excluding hydrogens is 323 g/mol. The first kappa shape index (κ1) is 15.8. The number of sulfone groups is 1. The van der Waals surface area contributed by atoms with Crippen LogP contribution in [0.4, 0.5) is 0 Å². The second-order valence-electron chi connectivity index (χ2n) is 4.67. The van der Waals surface area contributed by atoms with Crippen molar-refractivity contribution in [2.24, 2.45) is 0 Å². The van der Waals surface area contributed by atoms with Crippen LogP contribution in [-0.4, -0.2) is 38.4 Å². The minimum Gasteiger partial charge on any atom is -0.381 e.